The van der Waals surface area contributed by atoms with E-state index in [4.69, 9.17) is 9.15 Å². The summed E-state index contributed by atoms with van der Waals surface area (Å²) in [5.41, 5.74) is 0. The van der Waals surface area contributed by atoms with Crippen molar-refractivity contribution in [3.63, 3.8) is 0 Å². The Bertz CT molecular complexity index is 601. The Morgan fingerprint density at radius 3 is 3.09 bits per heavy atom. The number of aromatic nitrogens is 1. The van der Waals surface area contributed by atoms with Gasteiger partial charge in [0.1, 0.15) is 10.8 Å². The van der Waals surface area contributed by atoms with E-state index in [1.165, 1.54) is 5.01 Å². The number of hydrogen-bond acceptors (Lipinski definition) is 6. The van der Waals surface area contributed by atoms with Crippen LogP contribution >= 0.6 is 11.3 Å². The van der Waals surface area contributed by atoms with Gasteiger partial charge in [0.15, 0.2) is 0 Å². The summed E-state index contributed by atoms with van der Waals surface area (Å²) in [6.07, 6.45) is 5.13. The molecule has 2 aromatic rings. The van der Waals surface area contributed by atoms with Crippen molar-refractivity contribution < 1.29 is 9.15 Å². The smallest absolute Gasteiger partial charge is 0.117 e. The second-order valence-electron chi connectivity index (χ2n) is 6.46. The molecule has 3 atom stereocenters. The number of furan rings is 1. The number of methoxy groups -OCH3 is 1. The Labute approximate surface area is 140 Å². The van der Waals surface area contributed by atoms with Crippen LogP contribution in [0.25, 0.3) is 0 Å². The fourth-order valence-electron chi connectivity index (χ4n) is 4.06. The first kappa shape index (κ1) is 15.3. The molecule has 2 aromatic heterocycles. The molecular weight excluding hydrogens is 310 g/mol. The van der Waals surface area contributed by atoms with Crippen molar-refractivity contribution in [3.8, 4) is 0 Å². The van der Waals surface area contributed by atoms with Crippen LogP contribution in [0.1, 0.15) is 17.2 Å². The fourth-order valence-corrected chi connectivity index (χ4v) is 4.71. The lowest BCUT2D eigenvalue weighted by Crippen LogP contribution is -2.50. The summed E-state index contributed by atoms with van der Waals surface area (Å²) in [5.74, 6) is 1.62. The second kappa shape index (κ2) is 6.73. The van der Waals surface area contributed by atoms with Gasteiger partial charge in [0.2, 0.25) is 0 Å². The molecule has 2 saturated heterocycles. The molecule has 2 fully saturated rings. The summed E-state index contributed by atoms with van der Waals surface area (Å²) in [6, 6.07) is 4.57. The summed E-state index contributed by atoms with van der Waals surface area (Å²) in [7, 11) is 1.85. The number of fused-ring (bicyclic) bond motifs is 1. The first-order valence-corrected chi connectivity index (χ1v) is 9.11. The van der Waals surface area contributed by atoms with E-state index >= 15 is 0 Å². The molecule has 4 heterocycles. The Balaban J connectivity index is 1.47. The van der Waals surface area contributed by atoms with Gasteiger partial charge >= 0.3 is 0 Å². The van der Waals surface area contributed by atoms with Crippen LogP contribution in [0.4, 0.5) is 0 Å². The molecule has 2 aliphatic rings. The van der Waals surface area contributed by atoms with Crippen LogP contribution in [0.2, 0.25) is 0 Å². The van der Waals surface area contributed by atoms with Gasteiger partial charge in [0.25, 0.3) is 0 Å². The topological polar surface area (TPSA) is 41.7 Å². The predicted molar refractivity (Wildman–Crippen MR) is 89.2 cm³/mol. The van der Waals surface area contributed by atoms with Crippen molar-refractivity contribution in [2.45, 2.75) is 31.7 Å². The van der Waals surface area contributed by atoms with Gasteiger partial charge in [0, 0.05) is 50.3 Å². The highest BCUT2D eigenvalue weighted by molar-refractivity contribution is 7.09. The number of likely N-dealkylation sites (tertiary alicyclic amines) is 2. The van der Waals surface area contributed by atoms with Crippen molar-refractivity contribution in [1.82, 2.24) is 14.8 Å². The van der Waals surface area contributed by atoms with Crippen LogP contribution in [-0.4, -0.2) is 53.7 Å². The van der Waals surface area contributed by atoms with Gasteiger partial charge in [-0.1, -0.05) is 0 Å². The van der Waals surface area contributed by atoms with E-state index in [2.05, 4.69) is 26.2 Å². The summed E-state index contributed by atoms with van der Waals surface area (Å²) in [5, 5.41) is 3.27. The number of thiazole rings is 1. The number of nitrogens with zero attached hydrogens (tertiary/aromatic N) is 3. The lowest BCUT2D eigenvalue weighted by atomic mass is 9.89. The quantitative estimate of drug-likeness (QED) is 0.841. The second-order valence-corrected chi connectivity index (χ2v) is 7.44. The van der Waals surface area contributed by atoms with Gasteiger partial charge in [-0.2, -0.15) is 0 Å². The van der Waals surface area contributed by atoms with Gasteiger partial charge < -0.3 is 9.15 Å². The van der Waals surface area contributed by atoms with Crippen molar-refractivity contribution in [2.24, 2.45) is 5.92 Å². The third-order valence-corrected chi connectivity index (χ3v) is 5.90. The molecule has 0 bridgehead atoms. The highest BCUT2D eigenvalue weighted by Crippen LogP contribution is 2.34. The molecule has 0 saturated carbocycles. The predicted octanol–water partition coefficient (Wildman–Crippen LogP) is 2.46. The van der Waals surface area contributed by atoms with E-state index in [9.17, 15) is 0 Å². The first-order chi connectivity index (χ1) is 11.3. The van der Waals surface area contributed by atoms with E-state index < -0.39 is 0 Å². The molecule has 0 N–H and O–H groups in total. The number of ether oxygens (including phenoxy) is 1. The normalized spacial score (nSPS) is 29.0. The van der Waals surface area contributed by atoms with Crippen LogP contribution < -0.4 is 0 Å². The van der Waals surface area contributed by atoms with Gasteiger partial charge in [0.05, 0.1) is 25.5 Å². The maximum atomic E-state index is 5.78. The SMILES string of the molecule is CO[C@@H]1CCN(Cc2nccs2)[C@H]2CN(Cc3ccco3)C[C@@H]12. The van der Waals surface area contributed by atoms with Crippen LogP contribution in [0.3, 0.4) is 0 Å². The van der Waals surface area contributed by atoms with Crippen LogP contribution in [-0.2, 0) is 17.8 Å². The molecular formula is C17H23N3O2S. The van der Waals surface area contributed by atoms with Gasteiger partial charge in [-0.05, 0) is 18.6 Å². The third kappa shape index (κ3) is 3.21. The third-order valence-electron chi connectivity index (χ3n) is 5.14. The minimum Gasteiger partial charge on any atom is -0.468 e. The summed E-state index contributed by atoms with van der Waals surface area (Å²) in [4.78, 5) is 9.56. The van der Waals surface area contributed by atoms with Gasteiger partial charge in [-0.15, -0.1) is 11.3 Å². The van der Waals surface area contributed by atoms with E-state index in [-0.39, 0.29) is 0 Å². The van der Waals surface area contributed by atoms with E-state index in [1.54, 1.807) is 17.6 Å². The molecule has 6 heteroatoms. The van der Waals surface area contributed by atoms with E-state index in [1.807, 2.05) is 19.4 Å². The Morgan fingerprint density at radius 1 is 1.39 bits per heavy atom. The minimum absolute atomic E-state index is 0.370. The Kier molecular flexibility index (Phi) is 4.48. The van der Waals surface area contributed by atoms with E-state index in [0.717, 1.165) is 44.9 Å². The Hall–Kier alpha value is -1.21. The molecule has 23 heavy (non-hydrogen) atoms. The molecule has 0 radical (unpaired) electrons. The van der Waals surface area contributed by atoms with Crippen molar-refractivity contribution in [1.29, 1.82) is 0 Å². The van der Waals surface area contributed by atoms with Crippen LogP contribution in [0, 0.1) is 5.92 Å². The fraction of sp³-hybridized carbons (Fsp3) is 0.588. The number of piperidine rings is 1. The zero-order valence-corrected chi connectivity index (χ0v) is 14.2. The van der Waals surface area contributed by atoms with Crippen molar-refractivity contribution >= 4 is 11.3 Å². The summed E-state index contributed by atoms with van der Waals surface area (Å²) in [6.45, 7) is 5.11. The molecule has 0 unspecified atom stereocenters. The van der Waals surface area contributed by atoms with Crippen molar-refractivity contribution in [2.75, 3.05) is 26.7 Å². The molecule has 2 aliphatic heterocycles. The standard InChI is InChI=1S/C17H23N3O2S/c1-21-16-4-6-20(12-17-18-5-8-23-17)15-11-19(10-14(15)16)9-13-3-2-7-22-13/h2-3,5,7-8,14-16H,4,6,9-12H2,1H3/t14-,15+,16-/m1/s1. The van der Waals surface area contributed by atoms with Gasteiger partial charge in [-0.25, -0.2) is 4.98 Å². The lowest BCUT2D eigenvalue weighted by molar-refractivity contribution is -0.0245. The summed E-state index contributed by atoms with van der Waals surface area (Å²) >= 11 is 1.75. The maximum absolute atomic E-state index is 5.78. The molecule has 0 aromatic carbocycles. The average molecular weight is 333 g/mol. The highest BCUT2D eigenvalue weighted by Gasteiger charge is 2.44. The highest BCUT2D eigenvalue weighted by atomic mass is 32.1. The maximum Gasteiger partial charge on any atom is 0.117 e. The largest absolute Gasteiger partial charge is 0.468 e. The van der Waals surface area contributed by atoms with E-state index in [0.29, 0.717) is 18.1 Å². The molecule has 124 valence electrons. The first-order valence-electron chi connectivity index (χ1n) is 8.23. The van der Waals surface area contributed by atoms with Crippen molar-refractivity contribution in [3.05, 3.63) is 40.7 Å². The minimum atomic E-state index is 0.370. The molecule has 0 aliphatic carbocycles. The average Bonchev–Trinajstić information content (AvgIpc) is 3.29. The molecule has 0 spiro atoms. The summed E-state index contributed by atoms with van der Waals surface area (Å²) < 4.78 is 11.3. The lowest BCUT2D eigenvalue weighted by Gasteiger charge is -2.40. The molecule has 5 nitrogen and oxygen atoms in total. The van der Waals surface area contributed by atoms with Gasteiger partial charge in [-0.3, -0.25) is 9.80 Å². The zero-order chi connectivity index (χ0) is 15.6. The Morgan fingerprint density at radius 2 is 2.35 bits per heavy atom. The molecule has 4 rings (SSSR count). The zero-order valence-electron chi connectivity index (χ0n) is 13.4. The van der Waals surface area contributed by atoms with Crippen LogP contribution in [0.15, 0.2) is 34.4 Å². The molecule has 0 amide bonds. The number of hydrogen-bond donors (Lipinski definition) is 0. The monoisotopic (exact) mass is 333 g/mol. The van der Waals surface area contributed by atoms with Crippen LogP contribution in [0.5, 0.6) is 0 Å². The number of rotatable bonds is 5.